The number of halogens is 3. The van der Waals surface area contributed by atoms with Crippen LogP contribution in [0.25, 0.3) is 5.69 Å². The van der Waals surface area contributed by atoms with Crippen LogP contribution in [0.4, 0.5) is 24.5 Å². The second-order valence-electron chi connectivity index (χ2n) is 8.90. The largest absolute Gasteiger partial charge is 0.366 e. The molecule has 0 atom stereocenters. The van der Waals surface area contributed by atoms with E-state index in [9.17, 15) is 22.8 Å². The van der Waals surface area contributed by atoms with Gasteiger partial charge < -0.3 is 15.6 Å². The van der Waals surface area contributed by atoms with Crippen LogP contribution < -0.4 is 11.1 Å². The zero-order chi connectivity index (χ0) is 23.4. The van der Waals surface area contributed by atoms with Gasteiger partial charge in [0.15, 0.2) is 23.2 Å². The maximum Gasteiger partial charge on any atom is 0.250 e. The molecular weight excluding hydrogens is 419 g/mol. The van der Waals surface area contributed by atoms with Gasteiger partial charge in [0.05, 0.1) is 11.3 Å². The number of hydrogen-bond donors (Lipinski definition) is 2. The van der Waals surface area contributed by atoms with Crippen molar-refractivity contribution in [2.24, 2.45) is 11.1 Å². The number of benzene rings is 2. The van der Waals surface area contributed by atoms with Crippen LogP contribution in [0.15, 0.2) is 36.4 Å². The summed E-state index contributed by atoms with van der Waals surface area (Å²) in [6, 6.07) is 8.22. The zero-order valence-electron chi connectivity index (χ0n) is 17.9. The topological polar surface area (TPSA) is 77.1 Å². The first-order chi connectivity index (χ1) is 15.0. The number of nitrogens with one attached hydrogen (secondary N) is 1. The van der Waals surface area contributed by atoms with E-state index in [2.05, 4.69) is 5.32 Å². The number of aromatic nitrogens is 1. The van der Waals surface area contributed by atoms with Crippen molar-refractivity contribution in [2.45, 2.75) is 33.6 Å². The number of nitrogens with zero attached hydrogens (tertiary/aromatic N) is 1. The molecule has 8 heteroatoms. The summed E-state index contributed by atoms with van der Waals surface area (Å²) < 4.78 is 42.6. The number of amides is 1. The molecule has 3 N–H and O–H groups in total. The number of aryl methyl sites for hydroxylation is 1. The smallest absolute Gasteiger partial charge is 0.250 e. The lowest BCUT2D eigenvalue weighted by Crippen LogP contribution is -2.27. The minimum absolute atomic E-state index is 0.0717. The summed E-state index contributed by atoms with van der Waals surface area (Å²) in [5, 5.41) is 2.76. The number of nitrogens with two attached hydrogens (primary N) is 1. The molecule has 1 aliphatic rings. The molecule has 0 bridgehead atoms. The third kappa shape index (κ3) is 3.77. The van der Waals surface area contributed by atoms with Crippen molar-refractivity contribution in [3.63, 3.8) is 0 Å². The third-order valence-corrected chi connectivity index (χ3v) is 5.66. The van der Waals surface area contributed by atoms with Crippen molar-refractivity contribution in [1.29, 1.82) is 0 Å². The lowest BCUT2D eigenvalue weighted by Gasteiger charge is -2.30. The Balaban J connectivity index is 1.84. The molecule has 1 amide bonds. The van der Waals surface area contributed by atoms with E-state index in [-0.39, 0.29) is 28.1 Å². The van der Waals surface area contributed by atoms with E-state index in [0.717, 1.165) is 23.5 Å². The number of Topliss-reactive ketones (excluding diaryl/α,β-unsaturated/α-hetero) is 1. The highest BCUT2D eigenvalue weighted by Gasteiger charge is 2.34. The van der Waals surface area contributed by atoms with Gasteiger partial charge in [0.25, 0.3) is 5.91 Å². The van der Waals surface area contributed by atoms with E-state index in [1.165, 1.54) is 6.07 Å². The monoisotopic (exact) mass is 441 g/mol. The van der Waals surface area contributed by atoms with E-state index in [0.29, 0.717) is 24.1 Å². The molecule has 0 aliphatic heterocycles. The fourth-order valence-electron chi connectivity index (χ4n) is 4.28. The molecule has 0 saturated carbocycles. The molecule has 0 spiro atoms. The molecule has 0 fully saturated rings. The first-order valence-electron chi connectivity index (χ1n) is 10.1. The number of anilines is 2. The molecule has 32 heavy (non-hydrogen) atoms. The van der Waals surface area contributed by atoms with Crippen molar-refractivity contribution in [3.8, 4) is 5.69 Å². The first kappa shape index (κ1) is 21.7. The van der Waals surface area contributed by atoms with Gasteiger partial charge in [-0.25, -0.2) is 13.2 Å². The number of ketones is 1. The van der Waals surface area contributed by atoms with Gasteiger partial charge in [-0.2, -0.15) is 0 Å². The Morgan fingerprint density at radius 1 is 1.06 bits per heavy atom. The maximum absolute atomic E-state index is 13.7. The SMILES string of the molecule is Cc1cc2c(n1-c1ccc(C(N)=O)c(Nc3cc(F)c(F)c(F)c3)c1)CC(C)(C)CC2=O. The average Bonchev–Trinajstić information content (AvgIpc) is 3.00. The Hall–Kier alpha value is -3.55. The lowest BCUT2D eigenvalue weighted by molar-refractivity contribution is 0.0910. The predicted molar refractivity (Wildman–Crippen MR) is 115 cm³/mol. The van der Waals surface area contributed by atoms with Crippen molar-refractivity contribution >= 4 is 23.1 Å². The van der Waals surface area contributed by atoms with Crippen LogP contribution >= 0.6 is 0 Å². The molecule has 5 nitrogen and oxygen atoms in total. The quantitative estimate of drug-likeness (QED) is 0.547. The van der Waals surface area contributed by atoms with Crippen LogP contribution in [0, 0.1) is 29.8 Å². The Kier molecular flexibility index (Phi) is 5.11. The number of rotatable bonds is 4. The van der Waals surface area contributed by atoms with Gasteiger partial charge >= 0.3 is 0 Å². The number of carbonyl (C=O) groups excluding carboxylic acids is 2. The fourth-order valence-corrected chi connectivity index (χ4v) is 4.28. The van der Waals surface area contributed by atoms with Gasteiger partial charge in [-0.15, -0.1) is 0 Å². The molecule has 0 unspecified atom stereocenters. The summed E-state index contributed by atoms with van der Waals surface area (Å²) in [6.07, 6.45) is 1.13. The normalized spacial score (nSPS) is 14.9. The molecule has 1 aliphatic carbocycles. The van der Waals surface area contributed by atoms with Gasteiger partial charge in [-0.3, -0.25) is 9.59 Å². The van der Waals surface area contributed by atoms with Gasteiger partial charge in [0.1, 0.15) is 0 Å². The molecule has 0 saturated heterocycles. The van der Waals surface area contributed by atoms with E-state index in [1.807, 2.05) is 31.4 Å². The molecule has 2 aromatic carbocycles. The van der Waals surface area contributed by atoms with E-state index >= 15 is 0 Å². The second-order valence-corrected chi connectivity index (χ2v) is 8.90. The van der Waals surface area contributed by atoms with E-state index in [4.69, 9.17) is 5.73 Å². The number of carbonyl (C=O) groups is 2. The minimum Gasteiger partial charge on any atom is -0.366 e. The Bertz CT molecular complexity index is 1250. The van der Waals surface area contributed by atoms with Crippen molar-refractivity contribution in [3.05, 3.63) is 76.4 Å². The highest BCUT2D eigenvalue weighted by atomic mass is 19.2. The average molecular weight is 441 g/mol. The number of fused-ring (bicyclic) bond motifs is 1. The molecular formula is C24H22F3N3O2. The van der Waals surface area contributed by atoms with E-state index < -0.39 is 23.4 Å². The van der Waals surface area contributed by atoms with Crippen LogP contribution in [-0.4, -0.2) is 16.3 Å². The summed E-state index contributed by atoms with van der Waals surface area (Å²) in [4.78, 5) is 24.6. The standard InChI is InChI=1S/C24H22F3N3O2/c1-12-6-16-20(10-24(2,3)11-21(16)31)30(12)14-4-5-15(23(28)32)19(9-14)29-13-7-17(25)22(27)18(26)8-13/h4-9,29H,10-11H2,1-3H3,(H2,28,32). The van der Waals surface area contributed by atoms with Crippen molar-refractivity contribution in [1.82, 2.24) is 4.57 Å². The molecule has 3 aromatic rings. The first-order valence-corrected chi connectivity index (χ1v) is 10.1. The molecule has 166 valence electrons. The Labute approximate surface area is 183 Å². The number of primary amides is 1. The van der Waals surface area contributed by atoms with Gasteiger partial charge in [-0.05, 0) is 43.0 Å². The van der Waals surface area contributed by atoms with Crippen molar-refractivity contribution < 1.29 is 22.8 Å². The van der Waals surface area contributed by atoms with Crippen LogP contribution in [0.3, 0.4) is 0 Å². The highest BCUT2D eigenvalue weighted by Crippen LogP contribution is 2.38. The minimum atomic E-state index is -1.58. The summed E-state index contributed by atoms with van der Waals surface area (Å²) >= 11 is 0. The maximum atomic E-state index is 13.7. The van der Waals surface area contributed by atoms with Gasteiger partial charge in [0, 0.05) is 46.9 Å². The molecule has 1 heterocycles. The Morgan fingerprint density at radius 3 is 2.34 bits per heavy atom. The highest BCUT2D eigenvalue weighted by molar-refractivity contribution is 6.00. The summed E-state index contributed by atoms with van der Waals surface area (Å²) in [6.45, 7) is 5.93. The van der Waals surface area contributed by atoms with Crippen LogP contribution in [-0.2, 0) is 6.42 Å². The molecule has 0 radical (unpaired) electrons. The van der Waals surface area contributed by atoms with E-state index in [1.54, 1.807) is 12.1 Å². The second kappa shape index (κ2) is 7.55. The van der Waals surface area contributed by atoms with Gasteiger partial charge in [-0.1, -0.05) is 13.8 Å². The summed E-state index contributed by atoms with van der Waals surface area (Å²) in [7, 11) is 0. The van der Waals surface area contributed by atoms with Crippen LogP contribution in [0.5, 0.6) is 0 Å². The van der Waals surface area contributed by atoms with Crippen LogP contribution in [0.1, 0.15) is 52.4 Å². The molecule has 1 aromatic heterocycles. The molecule has 4 rings (SSSR count). The number of hydrogen-bond acceptors (Lipinski definition) is 3. The predicted octanol–water partition coefficient (Wildman–Crippen LogP) is 5.20. The van der Waals surface area contributed by atoms with Crippen molar-refractivity contribution in [2.75, 3.05) is 5.32 Å². The fraction of sp³-hybridized carbons (Fsp3) is 0.250. The lowest BCUT2D eigenvalue weighted by atomic mass is 9.76. The zero-order valence-corrected chi connectivity index (χ0v) is 17.9. The Morgan fingerprint density at radius 2 is 1.72 bits per heavy atom. The van der Waals surface area contributed by atoms with Gasteiger partial charge in [0.2, 0.25) is 0 Å². The summed E-state index contributed by atoms with van der Waals surface area (Å²) in [5.41, 5.74) is 8.48. The van der Waals surface area contributed by atoms with Crippen LogP contribution in [0.2, 0.25) is 0 Å². The summed E-state index contributed by atoms with van der Waals surface area (Å²) in [5.74, 6) is -4.98. The third-order valence-electron chi connectivity index (χ3n) is 5.66.